The standard InChI is InChI=1S/C14H10F4N4O2S/c1-24-5-6-9-7(15)3-2-4-8(9)25-10(6)11(23)19-13-20-12(21-22-13)14(16,17)18/h2-4H,5H2,1H3,(H2,19,20,21,22,23). The molecule has 3 rings (SSSR count). The Morgan fingerprint density at radius 3 is 2.80 bits per heavy atom. The van der Waals surface area contributed by atoms with Crippen LogP contribution in [0.25, 0.3) is 10.1 Å². The van der Waals surface area contributed by atoms with Gasteiger partial charge in [0.15, 0.2) is 0 Å². The number of nitrogens with one attached hydrogen (secondary N) is 2. The molecule has 11 heteroatoms. The molecule has 0 aliphatic heterocycles. The van der Waals surface area contributed by atoms with Crippen LogP contribution >= 0.6 is 11.3 Å². The van der Waals surface area contributed by atoms with Crippen LogP contribution in [0, 0.1) is 5.82 Å². The summed E-state index contributed by atoms with van der Waals surface area (Å²) in [5.41, 5.74) is 0.310. The fraction of sp³-hybridized carbons (Fsp3) is 0.214. The number of ether oxygens (including phenoxy) is 1. The summed E-state index contributed by atoms with van der Waals surface area (Å²) in [5.74, 6) is -3.13. The summed E-state index contributed by atoms with van der Waals surface area (Å²) in [4.78, 5) is 15.7. The first-order valence-corrected chi connectivity index (χ1v) is 7.62. The van der Waals surface area contributed by atoms with E-state index in [0.717, 1.165) is 11.3 Å². The number of hydrogen-bond donors (Lipinski definition) is 2. The summed E-state index contributed by atoms with van der Waals surface area (Å²) in [5, 5.41) is 7.41. The molecule has 2 N–H and O–H groups in total. The van der Waals surface area contributed by atoms with Gasteiger partial charge in [0.25, 0.3) is 5.91 Å². The second kappa shape index (κ2) is 6.41. The third kappa shape index (κ3) is 3.33. The van der Waals surface area contributed by atoms with Gasteiger partial charge in [-0.05, 0) is 12.1 Å². The van der Waals surface area contributed by atoms with Crippen molar-refractivity contribution >= 4 is 33.3 Å². The van der Waals surface area contributed by atoms with E-state index >= 15 is 0 Å². The normalized spacial score (nSPS) is 11.9. The van der Waals surface area contributed by atoms with Crippen LogP contribution in [0.5, 0.6) is 0 Å². The van der Waals surface area contributed by atoms with E-state index in [1.54, 1.807) is 11.2 Å². The summed E-state index contributed by atoms with van der Waals surface area (Å²) in [6.45, 7) is -0.0362. The van der Waals surface area contributed by atoms with Gasteiger partial charge in [-0.2, -0.15) is 18.2 Å². The number of carbonyl (C=O) groups excluding carboxylic acids is 1. The molecule has 1 aromatic carbocycles. The number of H-pyrrole nitrogens is 1. The molecule has 25 heavy (non-hydrogen) atoms. The van der Waals surface area contributed by atoms with Gasteiger partial charge in [-0.25, -0.2) is 4.39 Å². The van der Waals surface area contributed by atoms with Crippen molar-refractivity contribution in [3.63, 3.8) is 0 Å². The third-order valence-corrected chi connectivity index (χ3v) is 4.43. The summed E-state index contributed by atoms with van der Waals surface area (Å²) in [7, 11) is 1.39. The minimum Gasteiger partial charge on any atom is -0.380 e. The maximum absolute atomic E-state index is 14.1. The Morgan fingerprint density at radius 2 is 2.16 bits per heavy atom. The highest BCUT2D eigenvalue weighted by Gasteiger charge is 2.35. The van der Waals surface area contributed by atoms with Crippen molar-refractivity contribution < 1.29 is 27.1 Å². The van der Waals surface area contributed by atoms with Gasteiger partial charge in [-0.1, -0.05) is 6.07 Å². The molecule has 0 spiro atoms. The molecule has 2 heterocycles. The van der Waals surface area contributed by atoms with Crippen LogP contribution in [0.15, 0.2) is 18.2 Å². The molecule has 0 saturated carbocycles. The number of rotatable bonds is 4. The molecule has 0 unspecified atom stereocenters. The number of aromatic nitrogens is 3. The van der Waals surface area contributed by atoms with E-state index in [1.807, 2.05) is 0 Å². The Labute approximate surface area is 141 Å². The number of thiophene rings is 1. The average Bonchev–Trinajstić information content (AvgIpc) is 3.13. The first-order valence-electron chi connectivity index (χ1n) is 6.81. The van der Waals surface area contributed by atoms with E-state index in [4.69, 9.17) is 4.74 Å². The Balaban J connectivity index is 1.95. The lowest BCUT2D eigenvalue weighted by Gasteiger charge is -2.04. The summed E-state index contributed by atoms with van der Waals surface area (Å²) in [6, 6.07) is 4.38. The fourth-order valence-electron chi connectivity index (χ4n) is 2.24. The molecule has 3 aromatic rings. The smallest absolute Gasteiger partial charge is 0.380 e. The molecule has 0 saturated heterocycles. The predicted molar refractivity (Wildman–Crippen MR) is 81.8 cm³/mol. The third-order valence-electron chi connectivity index (χ3n) is 3.24. The Bertz CT molecular complexity index is 935. The number of carbonyl (C=O) groups is 1. The molecule has 0 aliphatic rings. The molecular formula is C14H10F4N4O2S. The van der Waals surface area contributed by atoms with E-state index in [0.29, 0.717) is 10.3 Å². The number of aromatic amines is 1. The van der Waals surface area contributed by atoms with E-state index in [2.05, 4.69) is 15.4 Å². The highest BCUT2D eigenvalue weighted by atomic mass is 32.1. The first-order chi connectivity index (χ1) is 11.8. The van der Waals surface area contributed by atoms with Crippen molar-refractivity contribution in [3.8, 4) is 0 Å². The summed E-state index contributed by atoms with van der Waals surface area (Å²) in [6.07, 6.45) is -4.71. The molecule has 0 aliphatic carbocycles. The number of nitrogens with zero attached hydrogens (tertiary/aromatic N) is 2. The monoisotopic (exact) mass is 374 g/mol. The molecule has 0 fully saturated rings. The number of halogens is 4. The SMILES string of the molecule is COCc1c(C(=O)Nc2n[nH]c(C(F)(F)F)n2)sc2cccc(F)c12. The first kappa shape index (κ1) is 17.3. The number of fused-ring (bicyclic) bond motifs is 1. The number of alkyl halides is 3. The van der Waals surface area contributed by atoms with Gasteiger partial charge < -0.3 is 4.74 Å². The maximum Gasteiger partial charge on any atom is 0.451 e. The highest BCUT2D eigenvalue weighted by Crippen LogP contribution is 2.34. The van der Waals surface area contributed by atoms with E-state index < -0.39 is 29.7 Å². The summed E-state index contributed by atoms with van der Waals surface area (Å²) < 4.78 is 57.1. The lowest BCUT2D eigenvalue weighted by molar-refractivity contribution is -0.144. The molecule has 0 radical (unpaired) electrons. The molecule has 1 amide bonds. The van der Waals surface area contributed by atoms with Gasteiger partial charge in [-0.3, -0.25) is 15.2 Å². The Hall–Kier alpha value is -2.53. The van der Waals surface area contributed by atoms with Gasteiger partial charge in [0, 0.05) is 22.8 Å². The minimum atomic E-state index is -4.71. The van der Waals surface area contributed by atoms with Crippen molar-refractivity contribution in [1.29, 1.82) is 0 Å². The van der Waals surface area contributed by atoms with Crippen LogP contribution in [-0.2, 0) is 17.5 Å². The molecule has 0 bridgehead atoms. The van der Waals surface area contributed by atoms with Gasteiger partial charge in [0.05, 0.1) is 11.5 Å². The van der Waals surface area contributed by atoms with Crippen LogP contribution in [0.2, 0.25) is 0 Å². The largest absolute Gasteiger partial charge is 0.451 e. The molecule has 0 atom stereocenters. The second-order valence-electron chi connectivity index (χ2n) is 4.92. The minimum absolute atomic E-state index is 0.0362. The number of benzene rings is 1. The Kier molecular flexibility index (Phi) is 4.43. The van der Waals surface area contributed by atoms with Crippen molar-refractivity contribution in [3.05, 3.63) is 40.3 Å². The van der Waals surface area contributed by atoms with Crippen LogP contribution in [0.4, 0.5) is 23.5 Å². The molecule has 6 nitrogen and oxygen atoms in total. The maximum atomic E-state index is 14.1. The van der Waals surface area contributed by atoms with Gasteiger partial charge in [0.1, 0.15) is 5.82 Å². The lowest BCUT2D eigenvalue weighted by atomic mass is 10.1. The van der Waals surface area contributed by atoms with Gasteiger partial charge in [0.2, 0.25) is 11.8 Å². The van der Waals surface area contributed by atoms with E-state index in [1.165, 1.54) is 19.2 Å². The predicted octanol–water partition coefficient (Wildman–Crippen LogP) is 3.58. The van der Waals surface area contributed by atoms with E-state index in [-0.39, 0.29) is 16.9 Å². The lowest BCUT2D eigenvalue weighted by Crippen LogP contribution is -2.14. The number of anilines is 1. The van der Waals surface area contributed by atoms with Gasteiger partial charge >= 0.3 is 6.18 Å². The quantitative estimate of drug-likeness (QED) is 0.684. The summed E-state index contributed by atoms with van der Waals surface area (Å²) >= 11 is 0.998. The van der Waals surface area contributed by atoms with Crippen molar-refractivity contribution in [2.24, 2.45) is 0 Å². The molecular weight excluding hydrogens is 364 g/mol. The van der Waals surface area contributed by atoms with Crippen molar-refractivity contribution in [1.82, 2.24) is 15.2 Å². The van der Waals surface area contributed by atoms with Crippen LogP contribution < -0.4 is 5.32 Å². The fourth-order valence-corrected chi connectivity index (χ4v) is 3.35. The van der Waals surface area contributed by atoms with Crippen LogP contribution in [-0.4, -0.2) is 28.2 Å². The molecule has 132 valence electrons. The van der Waals surface area contributed by atoms with Crippen molar-refractivity contribution in [2.75, 3.05) is 12.4 Å². The number of methoxy groups -OCH3 is 1. The average molecular weight is 374 g/mol. The highest BCUT2D eigenvalue weighted by molar-refractivity contribution is 7.21. The zero-order valence-corrected chi connectivity index (χ0v) is 13.4. The zero-order chi connectivity index (χ0) is 18.2. The van der Waals surface area contributed by atoms with Gasteiger partial charge in [-0.15, -0.1) is 16.4 Å². The number of hydrogen-bond acceptors (Lipinski definition) is 5. The number of amides is 1. The molecule has 2 aromatic heterocycles. The van der Waals surface area contributed by atoms with Crippen LogP contribution in [0.1, 0.15) is 21.1 Å². The van der Waals surface area contributed by atoms with Crippen LogP contribution in [0.3, 0.4) is 0 Å². The van der Waals surface area contributed by atoms with Crippen molar-refractivity contribution in [2.45, 2.75) is 12.8 Å². The second-order valence-corrected chi connectivity index (χ2v) is 5.97. The Morgan fingerprint density at radius 1 is 1.40 bits per heavy atom. The topological polar surface area (TPSA) is 79.9 Å². The zero-order valence-electron chi connectivity index (χ0n) is 12.6. The van der Waals surface area contributed by atoms with E-state index in [9.17, 15) is 22.4 Å².